The molecule has 0 saturated heterocycles. The second kappa shape index (κ2) is 7.24. The number of fused-ring (bicyclic) bond motifs is 3. The number of carbonyl (C=O) groups is 1. The highest BCUT2D eigenvalue weighted by atomic mass is 16.4. The molecule has 1 saturated carbocycles. The number of hydrogen-bond acceptors (Lipinski definition) is 3. The van der Waals surface area contributed by atoms with Gasteiger partial charge in [-0.05, 0) is 22.3 Å². The Hall–Kier alpha value is -3.53. The van der Waals surface area contributed by atoms with Crippen molar-refractivity contribution in [2.75, 3.05) is 0 Å². The summed E-state index contributed by atoms with van der Waals surface area (Å²) in [7, 11) is 0. The van der Waals surface area contributed by atoms with Gasteiger partial charge < -0.3 is 10.2 Å². The van der Waals surface area contributed by atoms with E-state index in [1.54, 1.807) is 12.1 Å². The molecule has 2 aliphatic carbocycles. The highest BCUT2D eigenvalue weighted by Crippen LogP contribution is 2.70. The molecular weight excluding hydrogens is 408 g/mol. The van der Waals surface area contributed by atoms with Gasteiger partial charge in [0.15, 0.2) is 5.78 Å². The fourth-order valence-corrected chi connectivity index (χ4v) is 6.37. The number of ketones is 1. The Kier molecular flexibility index (Phi) is 4.41. The van der Waals surface area contributed by atoms with Crippen LogP contribution in [-0.2, 0) is 11.2 Å². The normalized spacial score (nSPS) is 30.1. The Labute approximate surface area is 193 Å². The van der Waals surface area contributed by atoms with Gasteiger partial charge in [0.2, 0.25) is 0 Å². The van der Waals surface area contributed by atoms with Crippen molar-refractivity contribution in [1.82, 2.24) is 0 Å². The highest BCUT2D eigenvalue weighted by Gasteiger charge is 2.75. The van der Waals surface area contributed by atoms with Crippen molar-refractivity contribution in [2.45, 2.75) is 23.0 Å². The van der Waals surface area contributed by atoms with Crippen LogP contribution in [0.1, 0.15) is 44.4 Å². The van der Waals surface area contributed by atoms with Crippen molar-refractivity contribution in [3.8, 4) is 0 Å². The third-order valence-electron chi connectivity index (χ3n) is 7.64. The standard InChI is InChI=1S/C30H24O3/c31-28-23-18-10-11-19-24(23)30(33)27(28)25(20-12-4-1-5-13-20)26(21-14-6-2-7-15-21)29(30,32)22-16-8-3-9-17-22/h1-19,25-27,32-33H/t25-,26+,27-,29+,30+/m1/s1. The van der Waals surface area contributed by atoms with E-state index in [9.17, 15) is 15.0 Å². The molecule has 4 aromatic carbocycles. The summed E-state index contributed by atoms with van der Waals surface area (Å²) in [5.74, 6) is -1.87. The van der Waals surface area contributed by atoms with Crippen LogP contribution >= 0.6 is 0 Å². The molecule has 0 unspecified atom stereocenters. The molecule has 2 aliphatic rings. The van der Waals surface area contributed by atoms with Gasteiger partial charge in [-0.3, -0.25) is 4.79 Å². The second-order valence-electron chi connectivity index (χ2n) is 9.11. The fraction of sp³-hybridized carbons (Fsp3) is 0.167. The second-order valence-corrected chi connectivity index (χ2v) is 9.11. The average Bonchev–Trinajstić information content (AvgIpc) is 3.24. The molecule has 4 aromatic rings. The number of benzene rings is 4. The number of rotatable bonds is 3. The first-order valence-electron chi connectivity index (χ1n) is 11.3. The molecule has 1 fully saturated rings. The van der Waals surface area contributed by atoms with Gasteiger partial charge in [-0.2, -0.15) is 0 Å². The molecule has 0 bridgehead atoms. The first-order chi connectivity index (χ1) is 16.1. The average molecular weight is 433 g/mol. The van der Waals surface area contributed by atoms with Gasteiger partial charge in [0.1, 0.15) is 11.2 Å². The number of hydrogen-bond donors (Lipinski definition) is 2. The first kappa shape index (κ1) is 20.1. The minimum Gasteiger partial charge on any atom is -0.381 e. The molecule has 6 rings (SSSR count). The lowest BCUT2D eigenvalue weighted by atomic mass is 9.69. The van der Waals surface area contributed by atoms with E-state index in [0.717, 1.165) is 11.1 Å². The molecular formula is C30H24O3. The van der Waals surface area contributed by atoms with Crippen LogP contribution < -0.4 is 0 Å². The summed E-state index contributed by atoms with van der Waals surface area (Å²) in [4.78, 5) is 13.9. The topological polar surface area (TPSA) is 57.5 Å². The Bertz CT molecular complexity index is 1320. The van der Waals surface area contributed by atoms with Crippen LogP contribution in [0, 0.1) is 5.92 Å². The maximum atomic E-state index is 13.9. The van der Waals surface area contributed by atoms with E-state index in [0.29, 0.717) is 16.7 Å². The summed E-state index contributed by atoms with van der Waals surface area (Å²) in [6, 6.07) is 36.1. The first-order valence-corrected chi connectivity index (χ1v) is 11.3. The molecule has 0 amide bonds. The summed E-state index contributed by atoms with van der Waals surface area (Å²) in [5.41, 5.74) is -0.0630. The predicted octanol–water partition coefficient (Wildman–Crippen LogP) is 5.16. The van der Waals surface area contributed by atoms with Crippen LogP contribution in [0.2, 0.25) is 0 Å². The van der Waals surface area contributed by atoms with Gasteiger partial charge >= 0.3 is 0 Å². The summed E-state index contributed by atoms with van der Waals surface area (Å²) >= 11 is 0. The van der Waals surface area contributed by atoms with E-state index < -0.39 is 29.0 Å². The van der Waals surface area contributed by atoms with Gasteiger partial charge in [0.25, 0.3) is 0 Å². The van der Waals surface area contributed by atoms with E-state index in [4.69, 9.17) is 0 Å². The summed E-state index contributed by atoms with van der Waals surface area (Å²) in [6.07, 6.45) is 0. The lowest BCUT2D eigenvalue weighted by Gasteiger charge is -2.42. The Morgan fingerprint density at radius 3 is 1.70 bits per heavy atom. The highest BCUT2D eigenvalue weighted by molar-refractivity contribution is 6.05. The van der Waals surface area contributed by atoms with E-state index in [1.165, 1.54) is 0 Å². The smallest absolute Gasteiger partial charge is 0.170 e. The predicted molar refractivity (Wildman–Crippen MR) is 127 cm³/mol. The molecule has 3 nitrogen and oxygen atoms in total. The monoisotopic (exact) mass is 432 g/mol. The van der Waals surface area contributed by atoms with Crippen LogP contribution in [0.3, 0.4) is 0 Å². The van der Waals surface area contributed by atoms with Crippen LogP contribution in [0.15, 0.2) is 115 Å². The maximum Gasteiger partial charge on any atom is 0.170 e. The van der Waals surface area contributed by atoms with E-state index in [-0.39, 0.29) is 5.78 Å². The molecule has 0 spiro atoms. The summed E-state index contributed by atoms with van der Waals surface area (Å²) in [5, 5.41) is 25.4. The lowest BCUT2D eigenvalue weighted by Crippen LogP contribution is -2.49. The quantitative estimate of drug-likeness (QED) is 0.470. The zero-order valence-electron chi connectivity index (χ0n) is 18.0. The van der Waals surface area contributed by atoms with Crippen molar-refractivity contribution in [2.24, 2.45) is 5.92 Å². The van der Waals surface area contributed by atoms with Crippen LogP contribution in [0.5, 0.6) is 0 Å². The molecule has 0 heterocycles. The molecule has 0 aromatic heterocycles. The van der Waals surface area contributed by atoms with Gasteiger partial charge in [-0.15, -0.1) is 0 Å². The van der Waals surface area contributed by atoms with Gasteiger partial charge in [-0.25, -0.2) is 0 Å². The molecule has 2 N–H and O–H groups in total. The van der Waals surface area contributed by atoms with Crippen LogP contribution in [0.25, 0.3) is 0 Å². The molecule has 33 heavy (non-hydrogen) atoms. The van der Waals surface area contributed by atoms with E-state index in [2.05, 4.69) is 0 Å². The van der Waals surface area contributed by atoms with Crippen LogP contribution in [0.4, 0.5) is 0 Å². The SMILES string of the molecule is O=C1c2ccccc2[C@]2(O)[C@@H]1[C@H](c1ccccc1)[C@H](c1ccccc1)[C@@]2(O)c1ccccc1. The molecule has 3 heteroatoms. The molecule has 0 aliphatic heterocycles. The minimum absolute atomic E-state index is 0.116. The number of aliphatic hydroxyl groups is 2. The lowest BCUT2D eigenvalue weighted by molar-refractivity contribution is -0.159. The van der Waals surface area contributed by atoms with Crippen molar-refractivity contribution in [3.05, 3.63) is 143 Å². The zero-order chi connectivity index (χ0) is 22.6. The third-order valence-corrected chi connectivity index (χ3v) is 7.64. The third kappa shape index (κ3) is 2.55. The maximum absolute atomic E-state index is 13.9. The summed E-state index contributed by atoms with van der Waals surface area (Å²) in [6.45, 7) is 0. The molecule has 162 valence electrons. The van der Waals surface area contributed by atoms with E-state index in [1.807, 2.05) is 103 Å². The Morgan fingerprint density at radius 2 is 1.06 bits per heavy atom. The Morgan fingerprint density at radius 1 is 0.545 bits per heavy atom. The van der Waals surface area contributed by atoms with Gasteiger partial charge in [0.05, 0.1) is 5.92 Å². The number of Topliss-reactive ketones (excluding diaryl/α,β-unsaturated/α-hetero) is 1. The van der Waals surface area contributed by atoms with Crippen molar-refractivity contribution < 1.29 is 15.0 Å². The van der Waals surface area contributed by atoms with Gasteiger partial charge in [-0.1, -0.05) is 115 Å². The fourth-order valence-electron chi connectivity index (χ4n) is 6.37. The van der Waals surface area contributed by atoms with Gasteiger partial charge in [0, 0.05) is 17.4 Å². The molecule has 0 radical (unpaired) electrons. The van der Waals surface area contributed by atoms with E-state index >= 15 is 0 Å². The van der Waals surface area contributed by atoms with Crippen LogP contribution in [-0.4, -0.2) is 16.0 Å². The minimum atomic E-state index is -1.77. The number of carbonyl (C=O) groups excluding carboxylic acids is 1. The largest absolute Gasteiger partial charge is 0.381 e. The van der Waals surface area contributed by atoms with Crippen molar-refractivity contribution >= 4 is 5.78 Å². The van der Waals surface area contributed by atoms with Crippen molar-refractivity contribution in [1.29, 1.82) is 0 Å². The Balaban J connectivity index is 1.73. The zero-order valence-corrected chi connectivity index (χ0v) is 18.0. The van der Waals surface area contributed by atoms with Crippen molar-refractivity contribution in [3.63, 3.8) is 0 Å². The molecule has 5 atom stereocenters. The summed E-state index contributed by atoms with van der Waals surface area (Å²) < 4.78 is 0.